The third-order valence-electron chi connectivity index (χ3n) is 2.90. The Balaban J connectivity index is 2.58. The van der Waals surface area contributed by atoms with Crippen LogP contribution < -0.4 is 0 Å². The van der Waals surface area contributed by atoms with Crippen molar-refractivity contribution >= 4 is 11.9 Å². The van der Waals surface area contributed by atoms with E-state index in [2.05, 4.69) is 13.8 Å². The number of amides is 1. The molecule has 5 heteroatoms. The number of hydrogen-bond acceptors (Lipinski definition) is 3. The molecule has 92 valence electrons. The molecule has 1 rings (SSSR count). The fraction of sp³-hybridized carbons (Fsp3) is 0.818. The molecule has 0 unspecified atom stereocenters. The highest BCUT2D eigenvalue weighted by Gasteiger charge is 2.54. The summed E-state index contributed by atoms with van der Waals surface area (Å²) >= 11 is 0. The van der Waals surface area contributed by atoms with Crippen LogP contribution in [0.15, 0.2) is 0 Å². The molecular weight excluding hydrogens is 210 g/mol. The Morgan fingerprint density at radius 2 is 2.00 bits per heavy atom. The van der Waals surface area contributed by atoms with Gasteiger partial charge in [0.15, 0.2) is 5.41 Å². The molecule has 1 fully saturated rings. The maximum absolute atomic E-state index is 12.0. The van der Waals surface area contributed by atoms with Gasteiger partial charge in [-0.3, -0.25) is 9.59 Å². The van der Waals surface area contributed by atoms with Gasteiger partial charge in [-0.15, -0.1) is 0 Å². The van der Waals surface area contributed by atoms with Crippen LogP contribution in [0, 0.1) is 11.3 Å². The maximum atomic E-state index is 12.0. The standard InChI is InChI=1S/C11H19NO4/c1-8(2)4-5-12(3)9(13)11(10(14)15)6-16-7-11/h8H,4-7H2,1-3H3,(H,14,15). The van der Waals surface area contributed by atoms with E-state index in [1.807, 2.05) is 0 Å². The molecule has 1 saturated heterocycles. The summed E-state index contributed by atoms with van der Waals surface area (Å²) in [6, 6.07) is 0. The molecule has 0 aromatic heterocycles. The molecule has 1 N–H and O–H groups in total. The van der Waals surface area contributed by atoms with E-state index in [0.29, 0.717) is 12.5 Å². The van der Waals surface area contributed by atoms with E-state index in [-0.39, 0.29) is 19.1 Å². The molecular formula is C11H19NO4. The van der Waals surface area contributed by atoms with Gasteiger partial charge in [-0.05, 0) is 12.3 Å². The van der Waals surface area contributed by atoms with Crippen LogP contribution in [0.2, 0.25) is 0 Å². The van der Waals surface area contributed by atoms with Gasteiger partial charge in [-0.2, -0.15) is 0 Å². The Labute approximate surface area is 95.4 Å². The van der Waals surface area contributed by atoms with Crippen LogP contribution in [0.3, 0.4) is 0 Å². The molecule has 5 nitrogen and oxygen atoms in total. The molecule has 1 heterocycles. The van der Waals surface area contributed by atoms with Crippen molar-refractivity contribution in [3.8, 4) is 0 Å². The van der Waals surface area contributed by atoms with Gasteiger partial charge in [0, 0.05) is 13.6 Å². The van der Waals surface area contributed by atoms with Crippen molar-refractivity contribution in [2.75, 3.05) is 26.8 Å². The minimum absolute atomic E-state index is 0.00676. The first kappa shape index (κ1) is 13.0. The van der Waals surface area contributed by atoms with Gasteiger partial charge in [0.25, 0.3) is 0 Å². The van der Waals surface area contributed by atoms with E-state index in [0.717, 1.165) is 6.42 Å². The zero-order chi connectivity index (χ0) is 12.3. The average molecular weight is 229 g/mol. The summed E-state index contributed by atoms with van der Waals surface area (Å²) in [5, 5.41) is 9.05. The monoisotopic (exact) mass is 229 g/mol. The second kappa shape index (κ2) is 4.82. The lowest BCUT2D eigenvalue weighted by atomic mass is 9.84. The van der Waals surface area contributed by atoms with E-state index in [9.17, 15) is 9.59 Å². The average Bonchev–Trinajstić information content (AvgIpc) is 2.11. The highest BCUT2D eigenvalue weighted by atomic mass is 16.5. The van der Waals surface area contributed by atoms with Gasteiger partial charge in [-0.25, -0.2) is 0 Å². The van der Waals surface area contributed by atoms with Crippen LogP contribution in [0.1, 0.15) is 20.3 Å². The second-order valence-corrected chi connectivity index (χ2v) is 4.79. The first-order valence-corrected chi connectivity index (χ1v) is 5.47. The maximum Gasteiger partial charge on any atom is 0.324 e. The number of carbonyl (C=O) groups excluding carboxylic acids is 1. The molecule has 0 aromatic rings. The Hall–Kier alpha value is -1.10. The van der Waals surface area contributed by atoms with Crippen LogP contribution in [0.5, 0.6) is 0 Å². The molecule has 1 aliphatic rings. The number of nitrogens with zero attached hydrogens (tertiary/aromatic N) is 1. The van der Waals surface area contributed by atoms with Crippen molar-refractivity contribution in [3.63, 3.8) is 0 Å². The summed E-state index contributed by atoms with van der Waals surface area (Å²) in [6.45, 7) is 4.71. The Morgan fingerprint density at radius 3 is 2.31 bits per heavy atom. The first-order chi connectivity index (χ1) is 7.40. The number of rotatable bonds is 5. The second-order valence-electron chi connectivity index (χ2n) is 4.79. The van der Waals surface area contributed by atoms with Crippen molar-refractivity contribution in [2.45, 2.75) is 20.3 Å². The van der Waals surface area contributed by atoms with Gasteiger partial charge in [0.05, 0.1) is 13.2 Å². The third-order valence-corrected chi connectivity index (χ3v) is 2.90. The number of carbonyl (C=O) groups is 2. The Kier molecular flexibility index (Phi) is 3.91. The van der Waals surface area contributed by atoms with Crippen molar-refractivity contribution in [3.05, 3.63) is 0 Å². The third kappa shape index (κ3) is 2.35. The summed E-state index contributed by atoms with van der Waals surface area (Å²) in [4.78, 5) is 24.5. The van der Waals surface area contributed by atoms with E-state index in [4.69, 9.17) is 9.84 Å². The van der Waals surface area contributed by atoms with Crippen LogP contribution >= 0.6 is 0 Å². The lowest BCUT2D eigenvalue weighted by Gasteiger charge is -2.38. The normalized spacial score (nSPS) is 18.0. The SMILES string of the molecule is CC(C)CCN(C)C(=O)C1(C(=O)O)COC1. The van der Waals surface area contributed by atoms with Crippen molar-refractivity contribution in [2.24, 2.45) is 11.3 Å². The molecule has 1 amide bonds. The largest absolute Gasteiger partial charge is 0.480 e. The minimum Gasteiger partial charge on any atom is -0.480 e. The number of carboxylic acid groups (broad SMARTS) is 1. The van der Waals surface area contributed by atoms with Gasteiger partial charge < -0.3 is 14.7 Å². The fourth-order valence-electron chi connectivity index (χ4n) is 1.56. The summed E-state index contributed by atoms with van der Waals surface area (Å²) in [7, 11) is 1.65. The predicted molar refractivity (Wildman–Crippen MR) is 58.0 cm³/mol. The number of hydrogen-bond donors (Lipinski definition) is 1. The van der Waals surface area contributed by atoms with Crippen LogP contribution in [0.4, 0.5) is 0 Å². The van der Waals surface area contributed by atoms with Crippen molar-refractivity contribution in [1.82, 2.24) is 4.90 Å². The smallest absolute Gasteiger partial charge is 0.324 e. The summed E-state index contributed by atoms with van der Waals surface area (Å²) in [5.74, 6) is -0.930. The molecule has 0 bridgehead atoms. The van der Waals surface area contributed by atoms with E-state index < -0.39 is 11.4 Å². The highest BCUT2D eigenvalue weighted by molar-refractivity contribution is 6.03. The molecule has 0 aliphatic carbocycles. The highest BCUT2D eigenvalue weighted by Crippen LogP contribution is 2.30. The summed E-state index contributed by atoms with van der Waals surface area (Å²) < 4.78 is 4.87. The van der Waals surface area contributed by atoms with Gasteiger partial charge in [-0.1, -0.05) is 13.8 Å². The lowest BCUT2D eigenvalue weighted by molar-refractivity contribution is -0.190. The number of aliphatic carboxylic acids is 1. The van der Waals surface area contributed by atoms with E-state index >= 15 is 0 Å². The molecule has 16 heavy (non-hydrogen) atoms. The molecule has 0 aromatic carbocycles. The number of carboxylic acids is 1. The zero-order valence-corrected chi connectivity index (χ0v) is 10.0. The fourth-order valence-corrected chi connectivity index (χ4v) is 1.56. The summed E-state index contributed by atoms with van der Waals surface area (Å²) in [5.41, 5.74) is -1.33. The van der Waals surface area contributed by atoms with E-state index in [1.165, 1.54) is 4.90 Å². The van der Waals surface area contributed by atoms with Gasteiger partial charge in [0.1, 0.15) is 0 Å². The van der Waals surface area contributed by atoms with Crippen LogP contribution in [-0.4, -0.2) is 48.7 Å². The van der Waals surface area contributed by atoms with Crippen LogP contribution in [0.25, 0.3) is 0 Å². The van der Waals surface area contributed by atoms with Crippen LogP contribution in [-0.2, 0) is 14.3 Å². The molecule has 0 saturated carbocycles. The quantitative estimate of drug-likeness (QED) is 0.701. The Morgan fingerprint density at radius 1 is 1.44 bits per heavy atom. The molecule has 1 aliphatic heterocycles. The first-order valence-electron chi connectivity index (χ1n) is 5.47. The van der Waals surface area contributed by atoms with Crippen molar-refractivity contribution < 1.29 is 19.4 Å². The minimum atomic E-state index is -1.33. The van der Waals surface area contributed by atoms with Gasteiger partial charge in [0.2, 0.25) is 5.91 Å². The Bertz CT molecular complexity index is 284. The summed E-state index contributed by atoms with van der Waals surface area (Å²) in [6.07, 6.45) is 0.874. The molecule has 0 radical (unpaired) electrons. The zero-order valence-electron chi connectivity index (χ0n) is 10.0. The lowest BCUT2D eigenvalue weighted by Crippen LogP contribution is -2.59. The molecule has 0 atom stereocenters. The topological polar surface area (TPSA) is 66.8 Å². The van der Waals surface area contributed by atoms with Gasteiger partial charge >= 0.3 is 5.97 Å². The van der Waals surface area contributed by atoms with E-state index in [1.54, 1.807) is 7.05 Å². The molecule has 0 spiro atoms. The number of ether oxygens (including phenoxy) is 1. The predicted octanol–water partition coefficient (Wildman–Crippen LogP) is 0.592. The van der Waals surface area contributed by atoms with Crippen molar-refractivity contribution in [1.29, 1.82) is 0 Å².